The number of carbonyl (C=O) groups is 2. The fourth-order valence-corrected chi connectivity index (χ4v) is 3.36. The molecule has 2 rings (SSSR count). The number of nitrogens with zero attached hydrogens (tertiary/aromatic N) is 3. The Morgan fingerprint density at radius 3 is 2.50 bits per heavy atom. The summed E-state index contributed by atoms with van der Waals surface area (Å²) in [5.41, 5.74) is 8.85. The predicted molar refractivity (Wildman–Crippen MR) is 91.8 cm³/mol. The van der Waals surface area contributed by atoms with Gasteiger partial charge in [-0.25, -0.2) is 0 Å². The van der Waals surface area contributed by atoms with Crippen LogP contribution in [0.25, 0.3) is 10.4 Å². The van der Waals surface area contributed by atoms with Crippen molar-refractivity contribution in [3.05, 3.63) is 40.8 Å². The molecule has 1 saturated heterocycles. The second-order valence-electron chi connectivity index (χ2n) is 5.53. The van der Waals surface area contributed by atoms with Crippen molar-refractivity contribution >= 4 is 28.0 Å². The molecule has 1 aromatic rings. The number of hydrogen-bond donors (Lipinski definition) is 0. The Balaban J connectivity index is 2.35. The first-order valence-corrected chi connectivity index (χ1v) is 8.90. The van der Waals surface area contributed by atoms with Crippen molar-refractivity contribution < 1.29 is 28.5 Å². The number of esters is 2. The molecule has 10 heteroatoms. The third-order valence-electron chi connectivity index (χ3n) is 3.59. The van der Waals surface area contributed by atoms with Crippen molar-refractivity contribution in [3.8, 4) is 5.75 Å². The van der Waals surface area contributed by atoms with Crippen LogP contribution in [0.3, 0.4) is 0 Å². The summed E-state index contributed by atoms with van der Waals surface area (Å²) in [5, 5.41) is 3.07. The Kier molecular flexibility index (Phi) is 7.29. The van der Waals surface area contributed by atoms with Gasteiger partial charge >= 0.3 is 158 Å². The van der Waals surface area contributed by atoms with Crippen LogP contribution in [0.2, 0.25) is 0 Å². The first kappa shape index (κ1) is 20.1. The molecule has 0 aromatic heterocycles. The van der Waals surface area contributed by atoms with Crippen LogP contribution < -0.4 is 4.74 Å². The number of azide groups is 1. The Hall–Kier alpha value is -2.25. The Morgan fingerprint density at radius 1 is 1.23 bits per heavy atom. The van der Waals surface area contributed by atoms with Gasteiger partial charge in [-0.2, -0.15) is 0 Å². The molecule has 9 nitrogen and oxygen atoms in total. The van der Waals surface area contributed by atoms with Crippen LogP contribution in [-0.2, 0) is 23.8 Å². The minimum absolute atomic E-state index is 0.0954. The van der Waals surface area contributed by atoms with E-state index in [1.807, 2.05) is 6.07 Å². The third-order valence-corrected chi connectivity index (χ3v) is 4.48. The molecule has 0 aliphatic carbocycles. The molecule has 0 N–H and O–H groups in total. The number of ether oxygens (including phenoxy) is 4. The third kappa shape index (κ3) is 5.37. The molecule has 1 aromatic carbocycles. The van der Waals surface area contributed by atoms with Crippen LogP contribution in [0.5, 0.6) is 5.75 Å². The summed E-state index contributed by atoms with van der Waals surface area (Å²) in [7, 11) is 0. The van der Waals surface area contributed by atoms with E-state index in [1.165, 1.54) is 13.8 Å². The summed E-state index contributed by atoms with van der Waals surface area (Å²) in [6, 6.07) is 8.03. The quantitative estimate of drug-likeness (QED) is 0.221. The van der Waals surface area contributed by atoms with E-state index in [1.54, 1.807) is 24.3 Å². The zero-order valence-corrected chi connectivity index (χ0v) is 16.1. The van der Waals surface area contributed by atoms with E-state index in [0.717, 1.165) is 0 Å². The fraction of sp³-hybridized carbons (Fsp3) is 0.500. The van der Waals surface area contributed by atoms with Crippen molar-refractivity contribution in [2.75, 3.05) is 6.61 Å². The van der Waals surface area contributed by atoms with Gasteiger partial charge in [0.2, 0.25) is 0 Å². The van der Waals surface area contributed by atoms with Gasteiger partial charge in [-0.15, -0.1) is 0 Å². The number of hydrogen-bond acceptors (Lipinski definition) is 7. The van der Waals surface area contributed by atoms with Gasteiger partial charge in [0, 0.05) is 0 Å². The molecular weight excluding hydrogens is 409 g/mol. The second-order valence-corrected chi connectivity index (χ2v) is 6.60. The van der Waals surface area contributed by atoms with Crippen LogP contribution in [-0.4, -0.2) is 63.9 Å². The first-order chi connectivity index (χ1) is 12.4. The predicted octanol–water partition coefficient (Wildman–Crippen LogP) is 1.23. The molecule has 1 aliphatic heterocycles. The first-order valence-electron chi connectivity index (χ1n) is 7.82. The maximum absolute atomic E-state index is 11.6. The summed E-state index contributed by atoms with van der Waals surface area (Å²) < 4.78 is 22.2. The molecule has 0 saturated carbocycles. The minimum atomic E-state index is -0.911. The van der Waals surface area contributed by atoms with E-state index in [0.29, 0.717) is 5.75 Å². The van der Waals surface area contributed by atoms with Crippen LogP contribution in [0.4, 0.5) is 0 Å². The van der Waals surface area contributed by atoms with Crippen LogP contribution in [0.1, 0.15) is 13.8 Å². The average molecular weight is 428 g/mol. The van der Waals surface area contributed by atoms with Gasteiger partial charge in [-0.05, 0) is 0 Å². The van der Waals surface area contributed by atoms with Crippen LogP contribution in [0.15, 0.2) is 35.4 Å². The molecule has 0 radical (unpaired) electrons. The van der Waals surface area contributed by atoms with E-state index >= 15 is 0 Å². The molecule has 26 heavy (non-hydrogen) atoms. The molecular formula is C16H19N3O6Se. The van der Waals surface area contributed by atoms with E-state index in [-0.39, 0.29) is 6.61 Å². The van der Waals surface area contributed by atoms with Gasteiger partial charge in [0.15, 0.2) is 0 Å². The molecule has 0 unspecified atom stereocenters. The van der Waals surface area contributed by atoms with E-state index in [4.69, 9.17) is 24.5 Å². The van der Waals surface area contributed by atoms with Crippen molar-refractivity contribution in [3.63, 3.8) is 0 Å². The Morgan fingerprint density at radius 2 is 1.92 bits per heavy atom. The Bertz CT molecular complexity index is 682. The van der Waals surface area contributed by atoms with Gasteiger partial charge in [0.05, 0.1) is 0 Å². The van der Waals surface area contributed by atoms with E-state index in [9.17, 15) is 9.59 Å². The normalized spacial score (nSPS) is 27.7. The van der Waals surface area contributed by atoms with E-state index in [2.05, 4.69) is 26.0 Å². The molecule has 1 heterocycles. The van der Waals surface area contributed by atoms with Crippen molar-refractivity contribution in [1.29, 1.82) is 0 Å². The molecule has 5 atom stereocenters. The Labute approximate surface area is 158 Å². The summed E-state index contributed by atoms with van der Waals surface area (Å²) in [6.45, 7) is 2.44. The number of carbonyl (C=O) groups excluding carboxylic acids is 2. The number of benzene rings is 1. The zero-order valence-electron chi connectivity index (χ0n) is 14.2. The summed E-state index contributed by atoms with van der Waals surface area (Å²) in [4.78, 5) is 25.6. The fourth-order valence-electron chi connectivity index (χ4n) is 2.55. The zero-order chi connectivity index (χ0) is 19.1. The van der Waals surface area contributed by atoms with Gasteiger partial charge < -0.3 is 0 Å². The van der Waals surface area contributed by atoms with E-state index < -0.39 is 41.3 Å². The van der Waals surface area contributed by atoms with Crippen molar-refractivity contribution in [2.24, 2.45) is 5.11 Å². The average Bonchev–Trinajstić information content (AvgIpc) is 2.59. The monoisotopic (exact) mass is 429 g/mol. The van der Waals surface area contributed by atoms with Crippen LogP contribution >= 0.6 is 0 Å². The topological polar surface area (TPSA) is 120 Å². The van der Waals surface area contributed by atoms with Gasteiger partial charge in [-0.3, -0.25) is 0 Å². The maximum atomic E-state index is 11.6. The number of para-hydroxylation sites is 1. The van der Waals surface area contributed by atoms with Crippen LogP contribution in [0, 0.1) is 0 Å². The van der Waals surface area contributed by atoms with Gasteiger partial charge in [0.1, 0.15) is 0 Å². The summed E-state index contributed by atoms with van der Waals surface area (Å²) in [6.07, 6.45) is -2.47. The van der Waals surface area contributed by atoms with Gasteiger partial charge in [-0.1, -0.05) is 0 Å². The summed E-state index contributed by atoms with van der Waals surface area (Å²) >= 11 is 2.22. The molecule has 0 bridgehead atoms. The number of rotatable bonds is 6. The molecule has 0 amide bonds. The molecule has 1 aliphatic rings. The standard InChI is InChI=1S/C16H19N3O6Se/c1-9(20)22-8-12-14(24-11-6-4-3-5-7-11)15(23-10(2)21)13(18-19-17)16(26)25-12/h3-7,12-16,26H,8H2,1-2H3/t12-,13-,14-,15-,16-/m1/s1. The van der Waals surface area contributed by atoms with Gasteiger partial charge in [0.25, 0.3) is 0 Å². The molecule has 0 spiro atoms. The van der Waals surface area contributed by atoms with Crippen molar-refractivity contribution in [2.45, 2.75) is 43.2 Å². The SMILES string of the molecule is CC(=O)OC[C@H]1O[C@H]([SeH])[C@H](N=[N+]=[N-])[C@@H](OC(C)=O)[C@@H]1Oc1ccccc1. The second kappa shape index (κ2) is 9.45. The molecule has 1 fully saturated rings. The molecule has 140 valence electrons. The van der Waals surface area contributed by atoms with Crippen molar-refractivity contribution in [1.82, 2.24) is 0 Å². The summed E-state index contributed by atoms with van der Waals surface area (Å²) in [5.74, 6) is -0.521.